The molecular formula is C34H46Cl2N12O6S2. The predicted molar refractivity (Wildman–Crippen MR) is 220 cm³/mol. The molecule has 4 rings (SSSR count). The Morgan fingerprint density at radius 2 is 1.18 bits per heavy atom. The molecule has 22 heteroatoms. The first-order valence-corrected chi connectivity index (χ1v) is 20.8. The van der Waals surface area contributed by atoms with Gasteiger partial charge in [-0.3, -0.25) is 4.55 Å². The van der Waals surface area contributed by atoms with Gasteiger partial charge in [-0.15, -0.1) is 4.33 Å². The number of hydrogen-bond acceptors (Lipinski definition) is 18. The van der Waals surface area contributed by atoms with Crippen LogP contribution in [0.4, 0.5) is 35.2 Å². The highest BCUT2D eigenvalue weighted by molar-refractivity contribution is 7.94. The molecule has 18 nitrogen and oxygen atoms in total. The van der Waals surface area contributed by atoms with Crippen molar-refractivity contribution < 1.29 is 27.6 Å². The summed E-state index contributed by atoms with van der Waals surface area (Å²) in [5.41, 5.74) is 1.48. The Labute approximate surface area is 340 Å². The molecule has 0 spiro atoms. The topological polar surface area (TPSA) is 225 Å². The van der Waals surface area contributed by atoms with Gasteiger partial charge >= 0.3 is 0 Å². The van der Waals surface area contributed by atoms with Gasteiger partial charge in [-0.2, -0.15) is 38.3 Å². The van der Waals surface area contributed by atoms with Crippen molar-refractivity contribution in [3.63, 3.8) is 0 Å². The maximum absolute atomic E-state index is 12.5. The fourth-order valence-electron chi connectivity index (χ4n) is 5.34. The average Bonchev–Trinajstić information content (AvgIpc) is 3.16. The molecule has 4 aromatic rings. The Hall–Kier alpha value is -3.96. The first-order chi connectivity index (χ1) is 26.9. The molecule has 0 aliphatic heterocycles. The van der Waals surface area contributed by atoms with Gasteiger partial charge in [0.1, 0.15) is 4.90 Å². The van der Waals surface area contributed by atoms with E-state index in [4.69, 9.17) is 32.8 Å². The minimum absolute atomic E-state index is 0.00786. The summed E-state index contributed by atoms with van der Waals surface area (Å²) >= 11 is 13.0. The summed E-state index contributed by atoms with van der Waals surface area (Å²) in [5, 5.41) is 24.9. The molecule has 56 heavy (non-hydrogen) atoms. The summed E-state index contributed by atoms with van der Waals surface area (Å²) < 4.78 is 39.9. The fourth-order valence-corrected chi connectivity index (χ4v) is 6.88. The number of halogens is 2. The Balaban J connectivity index is 1.49. The van der Waals surface area contributed by atoms with Crippen LogP contribution in [0.25, 0.3) is 12.2 Å². The summed E-state index contributed by atoms with van der Waals surface area (Å²) in [6.45, 7) is 15.4. The highest BCUT2D eigenvalue weighted by Crippen LogP contribution is 2.31. The third-order valence-electron chi connectivity index (χ3n) is 8.29. The van der Waals surface area contributed by atoms with Gasteiger partial charge in [0.15, 0.2) is 0 Å². The van der Waals surface area contributed by atoms with Gasteiger partial charge in [0.2, 0.25) is 34.4 Å². The SMILES string of the molecule is CCN(CC)CCCNc1nc(Cl)nc(Nc2ccc(C=Cc3ccc(Nc4nc(Cl)nc(NCCCN(CC)CC)n4)cc3S(=O)(=O)O)c(SOOO)c2)n1. The van der Waals surface area contributed by atoms with Gasteiger partial charge in [0.25, 0.3) is 10.1 Å². The smallest absolute Gasteiger partial charge is 0.295 e. The lowest BCUT2D eigenvalue weighted by molar-refractivity contribution is -0.432. The molecule has 0 saturated heterocycles. The number of nitrogens with one attached hydrogen (secondary N) is 4. The molecule has 2 aromatic carbocycles. The fraction of sp³-hybridized carbons (Fsp3) is 0.412. The van der Waals surface area contributed by atoms with Crippen LogP contribution in [0.2, 0.25) is 10.6 Å². The van der Waals surface area contributed by atoms with Crippen molar-refractivity contribution in [2.45, 2.75) is 50.3 Å². The molecular weight excluding hydrogens is 807 g/mol. The minimum Gasteiger partial charge on any atom is -0.354 e. The van der Waals surface area contributed by atoms with Gasteiger partial charge in [-0.1, -0.05) is 57.0 Å². The van der Waals surface area contributed by atoms with E-state index in [1.807, 2.05) is 0 Å². The van der Waals surface area contributed by atoms with Crippen LogP contribution in [0.5, 0.6) is 0 Å². The van der Waals surface area contributed by atoms with Gasteiger partial charge in [-0.05, 0) is 111 Å². The number of aromatic nitrogens is 6. The Kier molecular flexibility index (Phi) is 18.1. The van der Waals surface area contributed by atoms with E-state index in [0.29, 0.717) is 47.2 Å². The highest BCUT2D eigenvalue weighted by Gasteiger charge is 2.17. The minimum atomic E-state index is -4.70. The quantitative estimate of drug-likeness (QED) is 0.0104. The van der Waals surface area contributed by atoms with Crippen LogP contribution in [0.1, 0.15) is 51.7 Å². The Bertz CT molecular complexity index is 2010. The second-order valence-electron chi connectivity index (χ2n) is 11.9. The van der Waals surface area contributed by atoms with Crippen molar-refractivity contribution in [2.24, 2.45) is 0 Å². The van der Waals surface area contributed by atoms with Crippen LogP contribution in [0, 0.1) is 0 Å². The van der Waals surface area contributed by atoms with Crippen LogP contribution in [-0.4, -0.2) is 110 Å². The molecule has 0 atom stereocenters. The highest BCUT2D eigenvalue weighted by atomic mass is 35.5. The molecule has 0 aliphatic rings. The third-order valence-corrected chi connectivity index (χ3v) is 10.2. The maximum atomic E-state index is 12.5. The monoisotopic (exact) mass is 852 g/mol. The molecule has 0 radical (unpaired) electrons. The molecule has 2 aromatic heterocycles. The predicted octanol–water partition coefficient (Wildman–Crippen LogP) is 6.98. The van der Waals surface area contributed by atoms with E-state index in [1.54, 1.807) is 30.3 Å². The van der Waals surface area contributed by atoms with Gasteiger partial charge < -0.3 is 31.1 Å². The molecule has 6 N–H and O–H groups in total. The van der Waals surface area contributed by atoms with Crippen LogP contribution >= 0.6 is 35.2 Å². The number of anilines is 6. The average molecular weight is 854 g/mol. The van der Waals surface area contributed by atoms with E-state index in [2.05, 4.69) is 93.7 Å². The lowest BCUT2D eigenvalue weighted by atomic mass is 10.1. The molecule has 0 aliphatic carbocycles. The van der Waals surface area contributed by atoms with Crippen LogP contribution in [-0.2, 0) is 19.5 Å². The van der Waals surface area contributed by atoms with E-state index < -0.39 is 10.1 Å². The summed E-state index contributed by atoms with van der Waals surface area (Å²) in [5.74, 6) is 0.812. The zero-order valence-corrected chi connectivity index (χ0v) is 34.5. The van der Waals surface area contributed by atoms with E-state index in [-0.39, 0.29) is 44.6 Å². The van der Waals surface area contributed by atoms with Gasteiger partial charge in [-0.25, -0.2) is 5.26 Å². The van der Waals surface area contributed by atoms with Gasteiger partial charge in [0, 0.05) is 29.4 Å². The zero-order valence-electron chi connectivity index (χ0n) is 31.4. The number of benzene rings is 2. The van der Waals surface area contributed by atoms with E-state index in [9.17, 15) is 13.0 Å². The van der Waals surface area contributed by atoms with Crippen molar-refractivity contribution in [1.82, 2.24) is 39.7 Å². The van der Waals surface area contributed by atoms with Crippen LogP contribution < -0.4 is 21.3 Å². The van der Waals surface area contributed by atoms with Crippen molar-refractivity contribution in [3.8, 4) is 0 Å². The molecule has 2 heterocycles. The zero-order chi connectivity index (χ0) is 40.5. The maximum Gasteiger partial charge on any atom is 0.295 e. The first-order valence-electron chi connectivity index (χ1n) is 17.8. The van der Waals surface area contributed by atoms with E-state index in [0.717, 1.165) is 52.1 Å². The standard InChI is InChI=1S/C34H46Cl2N12O6S2/c1-5-47(6-2)19-9-17-37-31-41-29(35)43-33(45-31)39-25-15-13-23(27(21-25)55-54-53-49)11-12-24-14-16-26(22-28(24)56(50,51)52)40-34-44-30(36)42-32(46-34)38-18-10-20-48(7-3)8-4/h11-16,21-22,49H,5-10,17-20H2,1-4H3,(H,50,51,52)(H2,37,39,41,43,45)(H2,38,40,42,44,46). The van der Waals surface area contributed by atoms with Crippen molar-refractivity contribution in [3.05, 3.63) is 58.1 Å². The Morgan fingerprint density at radius 1 is 0.714 bits per heavy atom. The van der Waals surface area contributed by atoms with Crippen molar-refractivity contribution in [2.75, 3.05) is 73.6 Å². The molecule has 0 unspecified atom stereocenters. The lowest BCUT2D eigenvalue weighted by Crippen LogP contribution is -2.25. The van der Waals surface area contributed by atoms with E-state index >= 15 is 0 Å². The largest absolute Gasteiger partial charge is 0.354 e. The number of nitrogens with zero attached hydrogens (tertiary/aromatic N) is 8. The number of hydrogen-bond donors (Lipinski definition) is 6. The molecule has 304 valence electrons. The summed E-state index contributed by atoms with van der Waals surface area (Å²) in [6.07, 6.45) is 4.82. The first kappa shape index (κ1) is 44.8. The van der Waals surface area contributed by atoms with Crippen molar-refractivity contribution in [1.29, 1.82) is 0 Å². The van der Waals surface area contributed by atoms with Crippen molar-refractivity contribution >= 4 is 92.7 Å². The second kappa shape index (κ2) is 22.7. The van der Waals surface area contributed by atoms with E-state index in [1.165, 1.54) is 18.2 Å². The Morgan fingerprint density at radius 3 is 1.66 bits per heavy atom. The summed E-state index contributed by atoms with van der Waals surface area (Å²) in [6, 6.07) is 9.38. The van der Waals surface area contributed by atoms with Crippen LogP contribution in [0.3, 0.4) is 0 Å². The molecule has 0 fully saturated rings. The number of rotatable bonds is 24. The van der Waals surface area contributed by atoms with Gasteiger partial charge in [0.05, 0.1) is 12.0 Å². The normalized spacial score (nSPS) is 11.8. The molecule has 0 saturated carbocycles. The summed E-state index contributed by atoms with van der Waals surface area (Å²) in [7, 11) is -4.70. The molecule has 0 amide bonds. The second-order valence-corrected chi connectivity index (χ2v) is 14.7. The summed E-state index contributed by atoms with van der Waals surface area (Å²) in [4.78, 5) is 29.9. The van der Waals surface area contributed by atoms with Crippen LogP contribution in [0.15, 0.2) is 46.2 Å². The third kappa shape index (κ3) is 14.5. The lowest BCUT2D eigenvalue weighted by Gasteiger charge is -2.17. The molecule has 0 bridgehead atoms.